The molecule has 0 saturated carbocycles. The fourth-order valence-electron chi connectivity index (χ4n) is 2.42. The van der Waals surface area contributed by atoms with Crippen LogP contribution in [-0.2, 0) is 0 Å². The van der Waals surface area contributed by atoms with Gasteiger partial charge in [-0.15, -0.1) is 0 Å². The molecular formula is C16H20FNO. The number of nitrogens with one attached hydrogen (secondary N) is 1. The minimum Gasteiger partial charge on any atom is -0.466 e. The second-order valence-electron chi connectivity index (χ2n) is 4.84. The van der Waals surface area contributed by atoms with Gasteiger partial charge in [0.2, 0.25) is 0 Å². The van der Waals surface area contributed by atoms with E-state index in [0.717, 1.165) is 23.6 Å². The highest BCUT2D eigenvalue weighted by Gasteiger charge is 2.21. The number of aryl methyl sites for hydroxylation is 3. The number of halogens is 1. The average Bonchev–Trinajstić information content (AvgIpc) is 2.69. The SMILES string of the molecule is CCNC(c1cc(C)oc1C)c1cccc(C)c1F. The number of hydrogen-bond donors (Lipinski definition) is 1. The molecule has 19 heavy (non-hydrogen) atoms. The first-order valence-corrected chi connectivity index (χ1v) is 6.60. The zero-order valence-corrected chi connectivity index (χ0v) is 11.9. The lowest BCUT2D eigenvalue weighted by molar-refractivity contribution is 0.491. The van der Waals surface area contributed by atoms with Gasteiger partial charge in [-0.25, -0.2) is 4.39 Å². The minimum absolute atomic E-state index is 0.147. The lowest BCUT2D eigenvalue weighted by Gasteiger charge is -2.19. The van der Waals surface area contributed by atoms with Gasteiger partial charge in [0.15, 0.2) is 0 Å². The van der Waals surface area contributed by atoms with E-state index in [-0.39, 0.29) is 11.9 Å². The number of hydrogen-bond acceptors (Lipinski definition) is 2. The van der Waals surface area contributed by atoms with E-state index in [9.17, 15) is 4.39 Å². The molecular weight excluding hydrogens is 241 g/mol. The summed E-state index contributed by atoms with van der Waals surface area (Å²) < 4.78 is 19.9. The molecule has 2 rings (SSSR count). The van der Waals surface area contributed by atoms with Crippen LogP contribution < -0.4 is 5.32 Å². The van der Waals surface area contributed by atoms with Gasteiger partial charge in [0.05, 0.1) is 6.04 Å². The molecule has 1 aromatic carbocycles. The van der Waals surface area contributed by atoms with E-state index in [2.05, 4.69) is 5.32 Å². The highest BCUT2D eigenvalue weighted by Crippen LogP contribution is 2.29. The second-order valence-corrected chi connectivity index (χ2v) is 4.84. The summed E-state index contributed by atoms with van der Waals surface area (Å²) >= 11 is 0. The first-order chi connectivity index (χ1) is 9.04. The molecule has 1 N–H and O–H groups in total. The van der Waals surface area contributed by atoms with Crippen LogP contribution in [0.15, 0.2) is 28.7 Å². The van der Waals surface area contributed by atoms with E-state index < -0.39 is 0 Å². The molecule has 3 heteroatoms. The highest BCUT2D eigenvalue weighted by molar-refractivity contribution is 5.37. The Bertz CT molecular complexity index is 574. The Labute approximate surface area is 113 Å². The van der Waals surface area contributed by atoms with Crippen molar-refractivity contribution in [2.45, 2.75) is 33.7 Å². The second kappa shape index (κ2) is 5.57. The molecule has 0 fully saturated rings. The Morgan fingerprint density at radius 1 is 1.21 bits per heavy atom. The molecule has 2 nitrogen and oxygen atoms in total. The maximum Gasteiger partial charge on any atom is 0.131 e. The van der Waals surface area contributed by atoms with Gasteiger partial charge in [0.1, 0.15) is 17.3 Å². The van der Waals surface area contributed by atoms with E-state index in [1.54, 1.807) is 13.0 Å². The van der Waals surface area contributed by atoms with Crippen LogP contribution in [0.3, 0.4) is 0 Å². The summed E-state index contributed by atoms with van der Waals surface area (Å²) in [6, 6.07) is 7.32. The van der Waals surface area contributed by atoms with Crippen molar-refractivity contribution < 1.29 is 8.81 Å². The molecule has 0 aliphatic carbocycles. The van der Waals surface area contributed by atoms with Crippen LogP contribution in [0.25, 0.3) is 0 Å². The Kier molecular flexibility index (Phi) is 4.05. The lowest BCUT2D eigenvalue weighted by Crippen LogP contribution is -2.23. The predicted octanol–water partition coefficient (Wildman–Crippen LogP) is 4.04. The first kappa shape index (κ1) is 13.8. The third-order valence-corrected chi connectivity index (χ3v) is 3.33. The fraction of sp³-hybridized carbons (Fsp3) is 0.375. The predicted molar refractivity (Wildman–Crippen MR) is 74.8 cm³/mol. The van der Waals surface area contributed by atoms with Gasteiger partial charge in [0, 0.05) is 11.1 Å². The van der Waals surface area contributed by atoms with Crippen LogP contribution in [0.4, 0.5) is 4.39 Å². The van der Waals surface area contributed by atoms with Crippen molar-refractivity contribution in [3.8, 4) is 0 Å². The first-order valence-electron chi connectivity index (χ1n) is 6.60. The molecule has 0 amide bonds. The van der Waals surface area contributed by atoms with E-state index in [1.165, 1.54) is 0 Å². The van der Waals surface area contributed by atoms with Crippen LogP contribution in [0, 0.1) is 26.6 Å². The molecule has 0 aliphatic heterocycles. The van der Waals surface area contributed by atoms with Gasteiger partial charge in [-0.3, -0.25) is 0 Å². The van der Waals surface area contributed by atoms with E-state index in [0.29, 0.717) is 11.1 Å². The van der Waals surface area contributed by atoms with Crippen molar-refractivity contribution >= 4 is 0 Å². The fourth-order valence-corrected chi connectivity index (χ4v) is 2.42. The zero-order chi connectivity index (χ0) is 14.0. The minimum atomic E-state index is -0.164. The summed E-state index contributed by atoms with van der Waals surface area (Å²) in [4.78, 5) is 0. The van der Waals surface area contributed by atoms with Gasteiger partial charge in [-0.1, -0.05) is 25.1 Å². The number of rotatable bonds is 4. The standard InChI is InChI=1S/C16H20FNO/c1-5-18-16(14-9-11(3)19-12(14)4)13-8-6-7-10(2)15(13)17/h6-9,16,18H,5H2,1-4H3. The summed E-state index contributed by atoms with van der Waals surface area (Å²) in [5.74, 6) is 1.54. The normalized spacial score (nSPS) is 12.7. The summed E-state index contributed by atoms with van der Waals surface area (Å²) in [7, 11) is 0. The molecule has 1 atom stereocenters. The molecule has 102 valence electrons. The van der Waals surface area contributed by atoms with Crippen LogP contribution in [-0.4, -0.2) is 6.54 Å². The maximum absolute atomic E-state index is 14.3. The Balaban J connectivity index is 2.51. The van der Waals surface area contributed by atoms with Crippen molar-refractivity contribution in [2.75, 3.05) is 6.54 Å². The molecule has 0 radical (unpaired) electrons. The van der Waals surface area contributed by atoms with Gasteiger partial charge in [-0.05, 0) is 38.9 Å². The largest absolute Gasteiger partial charge is 0.466 e. The zero-order valence-electron chi connectivity index (χ0n) is 11.9. The van der Waals surface area contributed by atoms with Gasteiger partial charge < -0.3 is 9.73 Å². The van der Waals surface area contributed by atoms with Gasteiger partial charge in [0.25, 0.3) is 0 Å². The van der Waals surface area contributed by atoms with Gasteiger partial charge in [-0.2, -0.15) is 0 Å². The van der Waals surface area contributed by atoms with E-state index >= 15 is 0 Å². The number of furan rings is 1. The molecule has 1 unspecified atom stereocenters. The summed E-state index contributed by atoms with van der Waals surface area (Å²) in [5.41, 5.74) is 2.34. The topological polar surface area (TPSA) is 25.2 Å². The molecule has 0 saturated heterocycles. The Morgan fingerprint density at radius 2 is 1.95 bits per heavy atom. The monoisotopic (exact) mass is 261 g/mol. The van der Waals surface area contributed by atoms with Crippen molar-refractivity contribution in [3.63, 3.8) is 0 Å². The van der Waals surface area contributed by atoms with Crippen LogP contribution in [0.1, 0.15) is 41.2 Å². The van der Waals surface area contributed by atoms with E-state index in [4.69, 9.17) is 4.42 Å². The van der Waals surface area contributed by atoms with Crippen molar-refractivity contribution in [1.82, 2.24) is 5.32 Å². The van der Waals surface area contributed by atoms with Crippen LogP contribution in [0.5, 0.6) is 0 Å². The van der Waals surface area contributed by atoms with Crippen LogP contribution >= 0.6 is 0 Å². The number of benzene rings is 1. The van der Waals surface area contributed by atoms with Crippen molar-refractivity contribution in [2.24, 2.45) is 0 Å². The molecule has 2 aromatic rings. The third-order valence-electron chi connectivity index (χ3n) is 3.33. The summed E-state index contributed by atoms with van der Waals surface area (Å²) in [6.45, 7) is 8.40. The third kappa shape index (κ3) is 2.71. The molecule has 0 aliphatic rings. The van der Waals surface area contributed by atoms with Gasteiger partial charge >= 0.3 is 0 Å². The smallest absolute Gasteiger partial charge is 0.131 e. The summed E-state index contributed by atoms with van der Waals surface area (Å²) in [6.07, 6.45) is 0. The lowest BCUT2D eigenvalue weighted by atomic mass is 9.96. The Morgan fingerprint density at radius 3 is 2.53 bits per heavy atom. The average molecular weight is 261 g/mol. The maximum atomic E-state index is 14.3. The van der Waals surface area contributed by atoms with Crippen molar-refractivity contribution in [3.05, 3.63) is 58.3 Å². The molecule has 1 heterocycles. The highest BCUT2D eigenvalue weighted by atomic mass is 19.1. The van der Waals surface area contributed by atoms with Crippen molar-refractivity contribution in [1.29, 1.82) is 0 Å². The van der Waals surface area contributed by atoms with Crippen LogP contribution in [0.2, 0.25) is 0 Å². The Hall–Kier alpha value is -1.61. The molecule has 1 aromatic heterocycles. The summed E-state index contributed by atoms with van der Waals surface area (Å²) in [5, 5.41) is 3.34. The van der Waals surface area contributed by atoms with E-state index in [1.807, 2.05) is 39.0 Å². The molecule has 0 spiro atoms. The quantitative estimate of drug-likeness (QED) is 0.898. The molecule has 0 bridgehead atoms.